The van der Waals surface area contributed by atoms with Crippen LogP contribution in [-0.2, 0) is 28.9 Å². The van der Waals surface area contributed by atoms with E-state index >= 15 is 0 Å². The minimum absolute atomic E-state index is 0.0326. The number of amides is 4. The first-order chi connectivity index (χ1) is 21.8. The largest absolute Gasteiger partial charge is 0.436 e. The molecule has 5 heterocycles. The van der Waals surface area contributed by atoms with Crippen LogP contribution in [0.15, 0.2) is 22.9 Å². The van der Waals surface area contributed by atoms with Crippen molar-refractivity contribution < 1.29 is 19.1 Å². The summed E-state index contributed by atoms with van der Waals surface area (Å²) in [7, 11) is 0. The van der Waals surface area contributed by atoms with Crippen molar-refractivity contribution in [3.05, 3.63) is 44.6 Å². The van der Waals surface area contributed by atoms with E-state index in [1.54, 1.807) is 22.3 Å². The second kappa shape index (κ2) is 14.2. The number of benzene rings is 1. The molecule has 10 nitrogen and oxygen atoms in total. The summed E-state index contributed by atoms with van der Waals surface area (Å²) in [6.07, 6.45) is 5.16. The number of anilines is 2. The molecular formula is C33H45ClN6O4S. The highest BCUT2D eigenvalue weighted by molar-refractivity contribution is 7.08. The highest BCUT2D eigenvalue weighted by Gasteiger charge is 2.37. The Hall–Kier alpha value is -3.02. The first kappa shape index (κ1) is 31.9. The number of nitrogen functional groups attached to an aromatic ring is 1. The van der Waals surface area contributed by atoms with E-state index in [-0.39, 0.29) is 24.4 Å². The van der Waals surface area contributed by atoms with Gasteiger partial charge in [0.2, 0.25) is 0 Å². The van der Waals surface area contributed by atoms with Gasteiger partial charge in [0.1, 0.15) is 0 Å². The fourth-order valence-corrected chi connectivity index (χ4v) is 8.54. The van der Waals surface area contributed by atoms with Crippen molar-refractivity contribution in [3.63, 3.8) is 0 Å². The molecule has 0 spiro atoms. The van der Waals surface area contributed by atoms with Crippen molar-refractivity contribution in [2.45, 2.75) is 77.0 Å². The standard InChI is InChI=1S/C33H45ClN6O4S/c1-2-22-15-21(16-27(34)30(22)35)17-29(31(41)38-11-5-24(6-12-38)23-3-9-36-10-4-23)44-33(43)39-13-7-26(8-14-39)40-18-25-19-45-20-28(25)37-32(40)42/h15-16,19-20,23-24,26,29,36H,2-14,17-18,35H2,1H3,(H,37,42)/t29-/m1/s1. The zero-order valence-corrected chi connectivity index (χ0v) is 27.6. The summed E-state index contributed by atoms with van der Waals surface area (Å²) < 4.78 is 6.06. The Balaban J connectivity index is 1.10. The average Bonchev–Trinajstić information content (AvgIpc) is 3.53. The minimum atomic E-state index is -0.958. The molecule has 45 heavy (non-hydrogen) atoms. The first-order valence-corrected chi connectivity index (χ1v) is 17.8. The molecule has 6 rings (SSSR count). The number of thiophene rings is 1. The molecule has 1 aromatic heterocycles. The molecular weight excluding hydrogens is 612 g/mol. The maximum absolute atomic E-state index is 14.0. The van der Waals surface area contributed by atoms with Crippen molar-refractivity contribution >= 4 is 52.3 Å². The van der Waals surface area contributed by atoms with Crippen LogP contribution in [0.2, 0.25) is 5.02 Å². The lowest BCUT2D eigenvalue weighted by Gasteiger charge is -2.40. The highest BCUT2D eigenvalue weighted by Crippen LogP contribution is 2.33. The number of nitrogens with one attached hydrogen (secondary N) is 2. The van der Waals surface area contributed by atoms with E-state index < -0.39 is 12.2 Å². The SMILES string of the molecule is CCc1cc(C[C@@H](OC(=O)N2CCC(N3Cc4cscc4NC3=O)CC2)C(=O)N2CCC(C3CCNCC3)CC2)cc(Cl)c1N. The summed E-state index contributed by atoms with van der Waals surface area (Å²) in [5, 5.41) is 10.9. The second-order valence-electron chi connectivity index (χ2n) is 12.9. The lowest BCUT2D eigenvalue weighted by molar-refractivity contribution is -0.142. The number of hydrogen-bond acceptors (Lipinski definition) is 7. The van der Waals surface area contributed by atoms with Gasteiger partial charge < -0.3 is 35.8 Å². The Labute approximate surface area is 274 Å². The summed E-state index contributed by atoms with van der Waals surface area (Å²) in [6, 6.07) is 3.68. The highest BCUT2D eigenvalue weighted by atomic mass is 35.5. The van der Waals surface area contributed by atoms with Crippen molar-refractivity contribution in [3.8, 4) is 0 Å². The number of fused-ring (bicyclic) bond motifs is 1. The molecule has 0 bridgehead atoms. The molecule has 4 amide bonds. The number of carbonyl (C=O) groups excluding carboxylic acids is 3. The summed E-state index contributed by atoms with van der Waals surface area (Å²) in [5.74, 6) is 1.20. The van der Waals surface area contributed by atoms with E-state index in [0.717, 1.165) is 48.3 Å². The molecule has 0 aliphatic carbocycles. The van der Waals surface area contributed by atoms with Gasteiger partial charge in [-0.25, -0.2) is 9.59 Å². The number of carbonyl (C=O) groups is 3. The van der Waals surface area contributed by atoms with Crippen molar-refractivity contribution in [2.75, 3.05) is 50.3 Å². The lowest BCUT2D eigenvalue weighted by atomic mass is 9.79. The van der Waals surface area contributed by atoms with E-state index in [9.17, 15) is 14.4 Å². The zero-order valence-electron chi connectivity index (χ0n) is 26.1. The topological polar surface area (TPSA) is 120 Å². The molecule has 4 aliphatic rings. The van der Waals surface area contributed by atoms with Crippen LogP contribution in [0.5, 0.6) is 0 Å². The van der Waals surface area contributed by atoms with E-state index in [1.807, 2.05) is 28.2 Å². The van der Waals surface area contributed by atoms with Crippen molar-refractivity contribution in [2.24, 2.45) is 11.8 Å². The smallest absolute Gasteiger partial charge is 0.410 e. The molecule has 244 valence electrons. The van der Waals surface area contributed by atoms with Crippen LogP contribution in [0.1, 0.15) is 62.1 Å². The van der Waals surface area contributed by atoms with E-state index in [1.165, 1.54) is 12.8 Å². The fourth-order valence-electron chi connectivity index (χ4n) is 7.50. The maximum Gasteiger partial charge on any atom is 0.410 e. The van der Waals surface area contributed by atoms with Gasteiger partial charge in [-0.1, -0.05) is 24.6 Å². The number of halogens is 1. The predicted molar refractivity (Wildman–Crippen MR) is 178 cm³/mol. The van der Waals surface area contributed by atoms with Gasteiger partial charge in [0, 0.05) is 49.6 Å². The van der Waals surface area contributed by atoms with Gasteiger partial charge >= 0.3 is 12.1 Å². The molecule has 3 saturated heterocycles. The zero-order chi connectivity index (χ0) is 31.5. The molecule has 1 atom stereocenters. The Bertz CT molecular complexity index is 1380. The van der Waals surface area contributed by atoms with Gasteiger partial charge in [-0.2, -0.15) is 0 Å². The average molecular weight is 657 g/mol. The third-order valence-electron chi connectivity index (χ3n) is 10.2. The Morgan fingerprint density at radius 3 is 2.42 bits per heavy atom. The number of likely N-dealkylation sites (tertiary alicyclic amines) is 2. The van der Waals surface area contributed by atoms with Gasteiger partial charge in [0.15, 0.2) is 6.10 Å². The van der Waals surface area contributed by atoms with Gasteiger partial charge in [-0.15, -0.1) is 11.3 Å². The number of rotatable bonds is 7. The molecule has 3 fully saturated rings. The van der Waals surface area contributed by atoms with Crippen molar-refractivity contribution in [1.82, 2.24) is 20.0 Å². The maximum atomic E-state index is 14.0. The molecule has 0 unspecified atom stereocenters. The number of aryl methyl sites for hydroxylation is 1. The quantitative estimate of drug-likeness (QED) is 0.346. The first-order valence-electron chi connectivity index (χ1n) is 16.4. The van der Waals surface area contributed by atoms with Crippen molar-refractivity contribution in [1.29, 1.82) is 0 Å². The van der Waals surface area contributed by atoms with Crippen LogP contribution >= 0.6 is 22.9 Å². The third-order valence-corrected chi connectivity index (χ3v) is 11.4. The number of hydrogen-bond donors (Lipinski definition) is 3. The summed E-state index contributed by atoms with van der Waals surface area (Å²) in [5.41, 5.74) is 10.5. The lowest BCUT2D eigenvalue weighted by Crippen LogP contribution is -2.52. The number of nitrogens with zero attached hydrogens (tertiary/aromatic N) is 3. The van der Waals surface area contributed by atoms with Gasteiger partial charge in [0.25, 0.3) is 5.91 Å². The van der Waals surface area contributed by atoms with Crippen LogP contribution in [0.25, 0.3) is 0 Å². The molecule has 0 radical (unpaired) electrons. The molecule has 1 aromatic carbocycles. The summed E-state index contributed by atoms with van der Waals surface area (Å²) in [4.78, 5) is 45.7. The van der Waals surface area contributed by atoms with Gasteiger partial charge in [-0.3, -0.25) is 4.79 Å². The van der Waals surface area contributed by atoms with Crippen LogP contribution in [0.4, 0.5) is 21.0 Å². The van der Waals surface area contributed by atoms with E-state index in [2.05, 4.69) is 16.0 Å². The fraction of sp³-hybridized carbons (Fsp3) is 0.606. The Kier molecular flexibility index (Phi) is 10.1. The summed E-state index contributed by atoms with van der Waals surface area (Å²) >= 11 is 8.04. The van der Waals surface area contributed by atoms with Gasteiger partial charge in [0.05, 0.1) is 22.9 Å². The van der Waals surface area contributed by atoms with E-state index in [0.29, 0.717) is 74.5 Å². The van der Waals surface area contributed by atoms with Crippen LogP contribution < -0.4 is 16.4 Å². The Morgan fingerprint density at radius 1 is 1.02 bits per heavy atom. The summed E-state index contributed by atoms with van der Waals surface area (Å²) in [6.45, 7) is 7.01. The molecule has 12 heteroatoms. The number of urea groups is 1. The predicted octanol–water partition coefficient (Wildman–Crippen LogP) is 5.34. The third kappa shape index (κ3) is 7.20. The molecule has 4 N–H and O–H groups in total. The normalized spacial score (nSPS) is 20.9. The van der Waals surface area contributed by atoms with Crippen LogP contribution in [0, 0.1) is 11.8 Å². The number of piperidine rings is 3. The molecule has 0 saturated carbocycles. The molecule has 4 aliphatic heterocycles. The monoisotopic (exact) mass is 656 g/mol. The van der Waals surface area contributed by atoms with Crippen LogP contribution in [0.3, 0.4) is 0 Å². The van der Waals surface area contributed by atoms with Crippen LogP contribution in [-0.4, -0.2) is 84.1 Å². The number of nitrogens with two attached hydrogens (primary N) is 1. The Morgan fingerprint density at radius 2 is 1.71 bits per heavy atom. The molecule has 2 aromatic rings. The number of ether oxygens (including phenoxy) is 1. The minimum Gasteiger partial charge on any atom is -0.436 e. The van der Waals surface area contributed by atoms with Gasteiger partial charge in [-0.05, 0) is 92.4 Å². The second-order valence-corrected chi connectivity index (χ2v) is 14.1. The van der Waals surface area contributed by atoms with E-state index in [4.69, 9.17) is 22.1 Å².